The number of halogens is 4. The number of fused-ring (bicyclic) bond motifs is 1. The zero-order chi connectivity index (χ0) is 22.3. The smallest absolute Gasteiger partial charge is 0.339 e. The van der Waals surface area contributed by atoms with E-state index in [0.717, 1.165) is 6.07 Å². The van der Waals surface area contributed by atoms with Crippen LogP contribution in [0.5, 0.6) is 0 Å². The number of nitrogens with zero attached hydrogens (tertiary/aromatic N) is 2. The summed E-state index contributed by atoms with van der Waals surface area (Å²) in [6, 6.07) is 13.5. The lowest BCUT2D eigenvalue weighted by Gasteiger charge is -2.08. The number of amides is 1. The molecule has 2 aromatic heterocycles. The lowest BCUT2D eigenvalue weighted by atomic mass is 10.1. The molecule has 2 aromatic carbocycles. The number of H-pyrrole nitrogens is 1. The third-order valence-corrected chi connectivity index (χ3v) is 4.76. The van der Waals surface area contributed by atoms with E-state index in [1.807, 2.05) is 0 Å². The summed E-state index contributed by atoms with van der Waals surface area (Å²) in [6.45, 7) is 1.35. The molecule has 0 aliphatic carbocycles. The summed E-state index contributed by atoms with van der Waals surface area (Å²) in [7, 11) is 0. The Morgan fingerprint density at radius 2 is 1.81 bits per heavy atom. The van der Waals surface area contributed by atoms with Crippen molar-refractivity contribution in [2.45, 2.75) is 13.1 Å². The minimum absolute atomic E-state index is 0.109. The Kier molecular flexibility index (Phi) is 5.06. The fraction of sp³-hybridized carbons (Fsp3) is 0.0952. The Morgan fingerprint density at radius 1 is 1.10 bits per heavy atom. The van der Waals surface area contributed by atoms with E-state index in [1.165, 1.54) is 31.2 Å². The van der Waals surface area contributed by atoms with Crippen molar-refractivity contribution in [3.8, 4) is 22.4 Å². The average molecular weight is 447 g/mol. The van der Waals surface area contributed by atoms with Crippen LogP contribution in [0, 0.1) is 0 Å². The zero-order valence-corrected chi connectivity index (χ0v) is 16.7. The van der Waals surface area contributed by atoms with Crippen LogP contribution in [0.4, 0.5) is 18.9 Å². The average Bonchev–Trinajstić information content (AvgIpc) is 3.09. The Hall–Kier alpha value is -3.59. The zero-order valence-electron chi connectivity index (χ0n) is 15.9. The van der Waals surface area contributed by atoms with Crippen LogP contribution < -0.4 is 10.9 Å². The summed E-state index contributed by atoms with van der Waals surface area (Å²) >= 11 is 5.87. The van der Waals surface area contributed by atoms with Crippen LogP contribution in [-0.2, 0) is 11.0 Å². The van der Waals surface area contributed by atoms with Gasteiger partial charge >= 0.3 is 6.18 Å². The van der Waals surface area contributed by atoms with Crippen molar-refractivity contribution >= 4 is 28.8 Å². The predicted molar refractivity (Wildman–Crippen MR) is 111 cm³/mol. The van der Waals surface area contributed by atoms with Crippen LogP contribution >= 0.6 is 11.6 Å². The van der Waals surface area contributed by atoms with Gasteiger partial charge in [0.25, 0.3) is 5.56 Å². The van der Waals surface area contributed by atoms with Gasteiger partial charge in [-0.15, -0.1) is 0 Å². The lowest BCUT2D eigenvalue weighted by molar-refractivity contribution is -0.140. The van der Waals surface area contributed by atoms with Gasteiger partial charge in [0.05, 0.1) is 11.3 Å². The van der Waals surface area contributed by atoms with Crippen LogP contribution in [0.25, 0.3) is 28.0 Å². The molecule has 31 heavy (non-hydrogen) atoms. The summed E-state index contributed by atoms with van der Waals surface area (Å²) in [6.07, 6.45) is -4.78. The number of nitrogens with one attached hydrogen (secondary N) is 2. The van der Waals surface area contributed by atoms with Gasteiger partial charge in [-0.1, -0.05) is 35.9 Å². The second kappa shape index (κ2) is 7.59. The minimum Gasteiger partial charge on any atom is -0.339 e. The van der Waals surface area contributed by atoms with Gasteiger partial charge in [0.2, 0.25) is 5.91 Å². The van der Waals surface area contributed by atoms with Crippen LogP contribution in [0.1, 0.15) is 12.6 Å². The summed E-state index contributed by atoms with van der Waals surface area (Å²) in [5, 5.41) is 6.51. The van der Waals surface area contributed by atoms with Crippen molar-refractivity contribution in [2.75, 3.05) is 5.32 Å². The Bertz CT molecular complexity index is 1360. The largest absolute Gasteiger partial charge is 0.435 e. The van der Waals surface area contributed by atoms with Gasteiger partial charge in [0.1, 0.15) is 5.65 Å². The minimum atomic E-state index is -4.78. The van der Waals surface area contributed by atoms with Gasteiger partial charge in [-0.05, 0) is 29.8 Å². The van der Waals surface area contributed by atoms with E-state index in [0.29, 0.717) is 20.8 Å². The van der Waals surface area contributed by atoms with Gasteiger partial charge in [0.15, 0.2) is 5.69 Å². The quantitative estimate of drug-likeness (QED) is 0.465. The molecule has 0 unspecified atom stereocenters. The Balaban J connectivity index is 1.98. The van der Waals surface area contributed by atoms with Crippen molar-refractivity contribution in [2.24, 2.45) is 0 Å². The third-order valence-electron chi connectivity index (χ3n) is 4.51. The standard InChI is InChI=1S/C21H14ClF3N4O2/c1-11(30)26-15-4-2-3-13(9-15)16-10-17(31)29-20(27-16)18(19(28-29)21(23,24)25)12-5-7-14(22)8-6-12/h2-10,27H,1H3,(H,26,30). The van der Waals surface area contributed by atoms with Crippen molar-refractivity contribution in [1.29, 1.82) is 0 Å². The first-order chi connectivity index (χ1) is 14.6. The molecule has 0 saturated carbocycles. The molecule has 0 aliphatic rings. The molecule has 0 fully saturated rings. The molecule has 0 spiro atoms. The fourth-order valence-corrected chi connectivity index (χ4v) is 3.38. The van der Waals surface area contributed by atoms with Crippen LogP contribution in [0.15, 0.2) is 59.4 Å². The van der Waals surface area contributed by atoms with Gasteiger partial charge in [-0.25, -0.2) is 0 Å². The maximum atomic E-state index is 13.7. The van der Waals surface area contributed by atoms with E-state index in [9.17, 15) is 22.8 Å². The molecule has 0 radical (unpaired) electrons. The van der Waals surface area contributed by atoms with E-state index >= 15 is 0 Å². The number of benzene rings is 2. The normalized spacial score (nSPS) is 11.6. The molecule has 0 saturated heterocycles. The predicted octanol–water partition coefficient (Wildman–Crippen LogP) is 4.99. The van der Waals surface area contributed by atoms with Gasteiger partial charge < -0.3 is 10.3 Å². The first kappa shape index (κ1) is 20.7. The summed E-state index contributed by atoms with van der Waals surface area (Å²) in [5.74, 6) is -0.281. The summed E-state index contributed by atoms with van der Waals surface area (Å²) in [5.41, 5.74) is -0.842. The van der Waals surface area contributed by atoms with E-state index in [1.54, 1.807) is 24.3 Å². The number of rotatable bonds is 3. The van der Waals surface area contributed by atoms with Gasteiger partial charge in [-0.3, -0.25) is 9.59 Å². The number of aromatic nitrogens is 3. The highest BCUT2D eigenvalue weighted by molar-refractivity contribution is 6.30. The highest BCUT2D eigenvalue weighted by Gasteiger charge is 2.39. The number of hydrogen-bond acceptors (Lipinski definition) is 3. The number of anilines is 1. The first-order valence-electron chi connectivity index (χ1n) is 9.01. The molecule has 4 rings (SSSR count). The Labute approximate surface area is 178 Å². The SMILES string of the molecule is CC(=O)Nc1cccc(-c2cc(=O)n3nc(C(F)(F)F)c(-c4ccc(Cl)cc4)c3[nH]2)c1. The van der Waals surface area contributed by atoms with Gasteiger partial charge in [-0.2, -0.15) is 22.8 Å². The molecule has 0 aliphatic heterocycles. The molecule has 6 nitrogen and oxygen atoms in total. The molecule has 10 heteroatoms. The van der Waals surface area contributed by atoms with Gasteiger partial charge in [0, 0.05) is 29.3 Å². The van der Waals surface area contributed by atoms with Crippen LogP contribution in [0.2, 0.25) is 5.02 Å². The summed E-state index contributed by atoms with van der Waals surface area (Å²) < 4.78 is 41.9. The number of alkyl halides is 3. The van der Waals surface area contributed by atoms with E-state index in [-0.39, 0.29) is 28.4 Å². The van der Waals surface area contributed by atoms with Crippen molar-refractivity contribution < 1.29 is 18.0 Å². The highest BCUT2D eigenvalue weighted by atomic mass is 35.5. The molecule has 4 aromatic rings. The molecular formula is C21H14ClF3N4O2. The second-order valence-electron chi connectivity index (χ2n) is 6.77. The fourth-order valence-electron chi connectivity index (χ4n) is 3.25. The number of carbonyl (C=O) groups is 1. The maximum absolute atomic E-state index is 13.7. The topological polar surface area (TPSA) is 79.3 Å². The molecule has 0 bridgehead atoms. The summed E-state index contributed by atoms with van der Waals surface area (Å²) in [4.78, 5) is 26.8. The second-order valence-corrected chi connectivity index (χ2v) is 7.21. The molecule has 2 heterocycles. The van der Waals surface area contributed by atoms with Crippen LogP contribution in [0.3, 0.4) is 0 Å². The van der Waals surface area contributed by atoms with Crippen molar-refractivity contribution in [3.63, 3.8) is 0 Å². The molecule has 2 N–H and O–H groups in total. The highest BCUT2D eigenvalue weighted by Crippen LogP contribution is 2.38. The Morgan fingerprint density at radius 3 is 2.45 bits per heavy atom. The third kappa shape index (κ3) is 4.04. The van der Waals surface area contributed by atoms with Crippen LogP contribution in [-0.4, -0.2) is 20.5 Å². The number of carbonyl (C=O) groups excluding carboxylic acids is 1. The van der Waals surface area contributed by atoms with E-state index in [4.69, 9.17) is 11.6 Å². The molecule has 158 valence electrons. The first-order valence-corrected chi connectivity index (χ1v) is 9.38. The van der Waals surface area contributed by atoms with Crippen molar-refractivity contribution in [3.05, 3.63) is 75.7 Å². The molecular weight excluding hydrogens is 433 g/mol. The lowest BCUT2D eigenvalue weighted by Crippen LogP contribution is -2.15. The monoisotopic (exact) mass is 446 g/mol. The maximum Gasteiger partial charge on any atom is 0.435 e. The van der Waals surface area contributed by atoms with E-state index in [2.05, 4.69) is 15.4 Å². The molecule has 1 amide bonds. The van der Waals surface area contributed by atoms with Crippen molar-refractivity contribution in [1.82, 2.24) is 14.6 Å². The van der Waals surface area contributed by atoms with E-state index < -0.39 is 17.4 Å². The number of aromatic amines is 1. The number of hydrogen-bond donors (Lipinski definition) is 2. The molecule has 0 atom stereocenters.